The molecule has 0 aliphatic carbocycles. The van der Waals surface area contributed by atoms with Gasteiger partial charge in [0.2, 0.25) is 0 Å². The summed E-state index contributed by atoms with van der Waals surface area (Å²) in [6.07, 6.45) is 6.50. The van der Waals surface area contributed by atoms with Crippen molar-refractivity contribution in [2.75, 3.05) is 12.9 Å². The van der Waals surface area contributed by atoms with Gasteiger partial charge in [-0.05, 0) is 51.5 Å². The highest BCUT2D eigenvalue weighted by Gasteiger charge is 2.30. The summed E-state index contributed by atoms with van der Waals surface area (Å²) in [4.78, 5) is 31.4. The summed E-state index contributed by atoms with van der Waals surface area (Å²) in [6, 6.07) is 9.88. The summed E-state index contributed by atoms with van der Waals surface area (Å²) in [7, 11) is 0. The summed E-state index contributed by atoms with van der Waals surface area (Å²) >= 11 is 1.45. The molecule has 1 aliphatic rings. The minimum absolute atomic E-state index is 0.140. The third kappa shape index (κ3) is 4.18. The van der Waals surface area contributed by atoms with Crippen LogP contribution < -0.4 is 0 Å². The van der Waals surface area contributed by atoms with Gasteiger partial charge in [-0.15, -0.1) is 0 Å². The molecule has 1 saturated heterocycles. The average molecular weight is 388 g/mol. The number of likely N-dealkylation sites (tertiary alicyclic amines) is 1. The number of piperidine rings is 1. The van der Waals surface area contributed by atoms with Gasteiger partial charge in [-0.3, -0.25) is 9.36 Å². The number of imidazole rings is 1. The molecule has 0 spiro atoms. The van der Waals surface area contributed by atoms with Crippen LogP contribution in [0, 0.1) is 0 Å². The molecular formula is C20H25N3O3S. The van der Waals surface area contributed by atoms with E-state index in [0.717, 1.165) is 24.9 Å². The van der Waals surface area contributed by atoms with Crippen LogP contribution in [0.15, 0.2) is 41.7 Å². The van der Waals surface area contributed by atoms with Crippen molar-refractivity contribution in [1.29, 1.82) is 0 Å². The predicted molar refractivity (Wildman–Crippen MR) is 105 cm³/mol. The molecule has 144 valence electrons. The smallest absolute Gasteiger partial charge is 0.357 e. The number of nitrogens with zero attached hydrogens (tertiary/aromatic N) is 3. The quantitative estimate of drug-likeness (QED) is 0.580. The molecule has 2 atom stereocenters. The number of amides is 1. The molecule has 27 heavy (non-hydrogen) atoms. The van der Waals surface area contributed by atoms with Gasteiger partial charge in [-0.1, -0.05) is 30.0 Å². The van der Waals surface area contributed by atoms with Gasteiger partial charge in [-0.25, -0.2) is 9.78 Å². The fourth-order valence-corrected chi connectivity index (χ4v) is 4.18. The zero-order chi connectivity index (χ0) is 19.4. The lowest BCUT2D eigenvalue weighted by Gasteiger charge is -2.38. The number of carbonyl (C=O) groups excluding carboxylic acids is 2. The lowest BCUT2D eigenvalue weighted by Crippen LogP contribution is -2.49. The molecule has 3 rings (SSSR count). The van der Waals surface area contributed by atoms with E-state index in [-0.39, 0.29) is 24.6 Å². The zero-order valence-electron chi connectivity index (χ0n) is 15.9. The third-order valence-electron chi connectivity index (χ3n) is 4.94. The number of hydrogen-bond donors (Lipinski definition) is 0. The summed E-state index contributed by atoms with van der Waals surface area (Å²) in [6.45, 7) is 3.84. The summed E-state index contributed by atoms with van der Waals surface area (Å²) < 4.78 is 7.11. The van der Waals surface area contributed by atoms with Crippen molar-refractivity contribution in [2.24, 2.45) is 0 Å². The van der Waals surface area contributed by atoms with E-state index in [4.69, 9.17) is 4.74 Å². The number of ether oxygens (including phenoxy) is 1. The van der Waals surface area contributed by atoms with Crippen molar-refractivity contribution in [2.45, 2.75) is 50.4 Å². The first-order valence-corrected chi connectivity index (χ1v) is 10.4. The van der Waals surface area contributed by atoms with Crippen LogP contribution in [0.4, 0.5) is 0 Å². The molecule has 0 N–H and O–H groups in total. The van der Waals surface area contributed by atoms with E-state index in [1.54, 1.807) is 4.57 Å². The van der Waals surface area contributed by atoms with Crippen LogP contribution in [0.3, 0.4) is 0 Å². The van der Waals surface area contributed by atoms with E-state index in [1.807, 2.05) is 55.3 Å². The topological polar surface area (TPSA) is 64.4 Å². The van der Waals surface area contributed by atoms with E-state index in [9.17, 15) is 9.59 Å². The van der Waals surface area contributed by atoms with Crippen molar-refractivity contribution in [3.05, 3.63) is 42.2 Å². The van der Waals surface area contributed by atoms with Crippen LogP contribution >= 0.6 is 11.8 Å². The normalized spacial score (nSPS) is 19.7. The Morgan fingerprint density at radius 2 is 1.85 bits per heavy atom. The molecule has 0 bridgehead atoms. The van der Waals surface area contributed by atoms with Crippen molar-refractivity contribution < 1.29 is 14.3 Å². The molecule has 1 aromatic carbocycles. The van der Waals surface area contributed by atoms with E-state index >= 15 is 0 Å². The Kier molecular flexibility index (Phi) is 6.21. The lowest BCUT2D eigenvalue weighted by molar-refractivity contribution is -0.140. The van der Waals surface area contributed by atoms with E-state index in [1.165, 1.54) is 18.0 Å². The number of para-hydroxylation sites is 1. The van der Waals surface area contributed by atoms with Crippen molar-refractivity contribution >= 4 is 23.6 Å². The van der Waals surface area contributed by atoms with Crippen LogP contribution in [0.2, 0.25) is 0 Å². The van der Waals surface area contributed by atoms with Crippen LogP contribution in [-0.4, -0.2) is 51.3 Å². The molecule has 0 radical (unpaired) electrons. The molecule has 1 fully saturated rings. The molecule has 2 aromatic rings. The predicted octanol–water partition coefficient (Wildman–Crippen LogP) is 3.54. The standard InChI is InChI=1S/C20H25N3O3S/c1-14-8-7-9-15(2)22(14)18(24)13-26-19(25)17-12-21-20(27-3)23(17)16-10-5-4-6-11-16/h4-6,10-12,14-15H,7-9,13H2,1-3H3. The van der Waals surface area contributed by atoms with Crippen LogP contribution in [0.5, 0.6) is 0 Å². The maximum atomic E-state index is 12.7. The molecule has 7 heteroatoms. The van der Waals surface area contributed by atoms with E-state index in [2.05, 4.69) is 4.98 Å². The first kappa shape index (κ1) is 19.5. The minimum Gasteiger partial charge on any atom is -0.451 e. The molecule has 2 unspecified atom stereocenters. The van der Waals surface area contributed by atoms with Gasteiger partial charge in [-0.2, -0.15) is 0 Å². The van der Waals surface area contributed by atoms with Gasteiger partial charge in [0, 0.05) is 17.8 Å². The van der Waals surface area contributed by atoms with Gasteiger partial charge in [0.15, 0.2) is 17.5 Å². The second kappa shape index (κ2) is 8.61. The highest BCUT2D eigenvalue weighted by Crippen LogP contribution is 2.24. The Labute approximate surface area is 163 Å². The molecule has 1 aromatic heterocycles. The monoisotopic (exact) mass is 387 g/mol. The number of hydrogen-bond acceptors (Lipinski definition) is 5. The second-order valence-electron chi connectivity index (χ2n) is 6.81. The number of aromatic nitrogens is 2. The van der Waals surface area contributed by atoms with E-state index < -0.39 is 5.97 Å². The van der Waals surface area contributed by atoms with Gasteiger partial charge in [0.05, 0.1) is 6.20 Å². The number of esters is 1. The van der Waals surface area contributed by atoms with Crippen molar-refractivity contribution in [3.63, 3.8) is 0 Å². The van der Waals surface area contributed by atoms with Gasteiger partial charge in [0.1, 0.15) is 0 Å². The van der Waals surface area contributed by atoms with Crippen molar-refractivity contribution in [1.82, 2.24) is 14.5 Å². The number of carbonyl (C=O) groups is 2. The largest absolute Gasteiger partial charge is 0.451 e. The maximum Gasteiger partial charge on any atom is 0.357 e. The van der Waals surface area contributed by atoms with Gasteiger partial charge in [0.25, 0.3) is 5.91 Å². The Morgan fingerprint density at radius 1 is 1.19 bits per heavy atom. The Morgan fingerprint density at radius 3 is 2.48 bits per heavy atom. The highest BCUT2D eigenvalue weighted by atomic mass is 32.2. The first-order chi connectivity index (χ1) is 13.0. The molecule has 6 nitrogen and oxygen atoms in total. The van der Waals surface area contributed by atoms with Crippen LogP contribution in [-0.2, 0) is 9.53 Å². The fraction of sp³-hybridized carbons (Fsp3) is 0.450. The summed E-state index contributed by atoms with van der Waals surface area (Å²) in [5.41, 5.74) is 1.15. The molecule has 2 heterocycles. The molecule has 1 amide bonds. The van der Waals surface area contributed by atoms with E-state index in [0.29, 0.717) is 10.9 Å². The maximum absolute atomic E-state index is 12.7. The van der Waals surface area contributed by atoms with Gasteiger partial charge >= 0.3 is 5.97 Å². The Balaban J connectivity index is 1.74. The number of rotatable bonds is 5. The fourth-order valence-electron chi connectivity index (χ4n) is 3.64. The lowest BCUT2D eigenvalue weighted by atomic mass is 9.97. The van der Waals surface area contributed by atoms with Crippen molar-refractivity contribution in [3.8, 4) is 5.69 Å². The summed E-state index contributed by atoms with van der Waals surface area (Å²) in [5.74, 6) is -0.684. The third-order valence-corrected chi connectivity index (χ3v) is 5.60. The summed E-state index contributed by atoms with van der Waals surface area (Å²) in [5, 5.41) is 0.692. The number of thioether (sulfide) groups is 1. The zero-order valence-corrected chi connectivity index (χ0v) is 16.7. The van der Waals surface area contributed by atoms with Crippen LogP contribution in [0.25, 0.3) is 5.69 Å². The highest BCUT2D eigenvalue weighted by molar-refractivity contribution is 7.98. The first-order valence-electron chi connectivity index (χ1n) is 9.18. The number of benzene rings is 1. The second-order valence-corrected chi connectivity index (χ2v) is 7.58. The van der Waals surface area contributed by atoms with Crippen LogP contribution in [0.1, 0.15) is 43.6 Å². The minimum atomic E-state index is -0.544. The Bertz CT molecular complexity index is 796. The SMILES string of the molecule is CSc1ncc(C(=O)OCC(=O)N2C(C)CCCC2C)n1-c1ccccc1. The molecule has 1 aliphatic heterocycles. The average Bonchev–Trinajstić information content (AvgIpc) is 3.11. The molecular weight excluding hydrogens is 362 g/mol. The Hall–Kier alpha value is -2.28. The van der Waals surface area contributed by atoms with Gasteiger partial charge < -0.3 is 9.64 Å². The molecule has 0 saturated carbocycles.